The number of amides is 2. The molecule has 0 radical (unpaired) electrons. The second-order valence-corrected chi connectivity index (χ2v) is 8.65. The van der Waals surface area contributed by atoms with E-state index in [4.69, 9.17) is 9.72 Å². The molecular formula is C26H28N4O3. The Hall–Kier alpha value is -3.45. The van der Waals surface area contributed by atoms with E-state index in [-0.39, 0.29) is 30.5 Å². The van der Waals surface area contributed by atoms with Crippen LogP contribution in [0, 0.1) is 0 Å². The number of aromatic nitrogens is 2. The molecular weight excluding hydrogens is 416 g/mol. The number of imidazole rings is 1. The summed E-state index contributed by atoms with van der Waals surface area (Å²) in [6.07, 6.45) is 2.48. The Labute approximate surface area is 193 Å². The quantitative estimate of drug-likeness (QED) is 0.634. The number of benzene rings is 2. The molecule has 2 amide bonds. The van der Waals surface area contributed by atoms with Crippen LogP contribution in [0.1, 0.15) is 34.6 Å². The summed E-state index contributed by atoms with van der Waals surface area (Å²) in [5, 5.41) is 2.72. The van der Waals surface area contributed by atoms with Crippen molar-refractivity contribution in [3.05, 3.63) is 77.6 Å². The molecule has 5 rings (SSSR count). The third-order valence-corrected chi connectivity index (χ3v) is 6.61. The Morgan fingerprint density at radius 2 is 1.73 bits per heavy atom. The standard InChI is InChI=1S/C26H28N4O3/c1-27-26(32)24-22-14-20-12-13-21(15-29(22)25(28-24)19-10-6-3-7-11-19)30(20)23(31)17-33-16-18-8-4-2-5-9-18/h2-11,20-21H,12-17H2,1H3,(H,27,32)/t20-,21+/m0/s1. The van der Waals surface area contributed by atoms with Crippen LogP contribution in [0.5, 0.6) is 0 Å². The van der Waals surface area contributed by atoms with Crippen LogP contribution < -0.4 is 5.32 Å². The van der Waals surface area contributed by atoms with Gasteiger partial charge in [-0.25, -0.2) is 4.98 Å². The van der Waals surface area contributed by atoms with E-state index in [1.165, 1.54) is 0 Å². The normalized spacial score (nSPS) is 19.1. The van der Waals surface area contributed by atoms with Gasteiger partial charge in [0.05, 0.1) is 18.3 Å². The summed E-state index contributed by atoms with van der Waals surface area (Å²) in [5.41, 5.74) is 3.38. The first-order valence-corrected chi connectivity index (χ1v) is 11.5. The molecule has 2 aliphatic rings. The third-order valence-electron chi connectivity index (χ3n) is 6.61. The average Bonchev–Trinajstić information content (AvgIpc) is 3.35. The minimum Gasteiger partial charge on any atom is -0.367 e. The van der Waals surface area contributed by atoms with Crippen molar-refractivity contribution in [2.75, 3.05) is 13.7 Å². The lowest BCUT2D eigenvalue weighted by Gasteiger charge is -2.28. The van der Waals surface area contributed by atoms with E-state index in [9.17, 15) is 9.59 Å². The van der Waals surface area contributed by atoms with Crippen molar-refractivity contribution < 1.29 is 14.3 Å². The number of rotatable bonds is 6. The van der Waals surface area contributed by atoms with Crippen molar-refractivity contribution in [3.8, 4) is 11.4 Å². The zero-order valence-corrected chi connectivity index (χ0v) is 18.7. The maximum absolute atomic E-state index is 13.2. The summed E-state index contributed by atoms with van der Waals surface area (Å²) in [4.78, 5) is 32.6. The molecule has 33 heavy (non-hydrogen) atoms. The predicted octanol–water partition coefficient (Wildman–Crippen LogP) is 3.04. The fraction of sp³-hybridized carbons (Fsp3) is 0.346. The van der Waals surface area contributed by atoms with Crippen LogP contribution in [-0.2, 0) is 29.1 Å². The van der Waals surface area contributed by atoms with E-state index < -0.39 is 0 Å². The van der Waals surface area contributed by atoms with Gasteiger partial charge in [0, 0.05) is 31.6 Å². The summed E-state index contributed by atoms with van der Waals surface area (Å²) in [6, 6.07) is 19.9. The number of fused-ring (bicyclic) bond motifs is 3. The fourth-order valence-corrected chi connectivity index (χ4v) is 5.08. The summed E-state index contributed by atoms with van der Waals surface area (Å²) in [6.45, 7) is 1.10. The lowest BCUT2D eigenvalue weighted by Crippen LogP contribution is -2.44. The predicted molar refractivity (Wildman–Crippen MR) is 125 cm³/mol. The molecule has 7 nitrogen and oxygen atoms in total. The number of ether oxygens (including phenoxy) is 1. The zero-order chi connectivity index (χ0) is 22.8. The molecule has 170 valence electrons. The first kappa shape index (κ1) is 21.4. The molecule has 2 bridgehead atoms. The first-order chi connectivity index (χ1) is 16.2. The number of nitrogens with zero attached hydrogens (tertiary/aromatic N) is 3. The molecule has 1 N–H and O–H groups in total. The van der Waals surface area contributed by atoms with Crippen LogP contribution in [0.2, 0.25) is 0 Å². The Bertz CT molecular complexity index is 1140. The van der Waals surface area contributed by atoms with Crippen LogP contribution in [0.4, 0.5) is 0 Å². The van der Waals surface area contributed by atoms with E-state index in [1.54, 1.807) is 7.05 Å². The first-order valence-electron chi connectivity index (χ1n) is 11.5. The second kappa shape index (κ2) is 9.19. The van der Waals surface area contributed by atoms with E-state index in [2.05, 4.69) is 9.88 Å². The molecule has 0 saturated carbocycles. The van der Waals surface area contributed by atoms with Crippen LogP contribution in [-0.4, -0.2) is 52.0 Å². The number of carbonyl (C=O) groups is 2. The van der Waals surface area contributed by atoms with Gasteiger partial charge in [-0.2, -0.15) is 0 Å². The van der Waals surface area contributed by atoms with Gasteiger partial charge >= 0.3 is 0 Å². The SMILES string of the molecule is CNC(=O)c1nc(-c2ccccc2)n2c1C[C@@H]1CC[C@H](C2)N1C(=O)COCc1ccccc1. The summed E-state index contributed by atoms with van der Waals surface area (Å²) in [7, 11) is 1.62. The van der Waals surface area contributed by atoms with Crippen LogP contribution in [0.25, 0.3) is 11.4 Å². The van der Waals surface area contributed by atoms with Crippen molar-refractivity contribution in [3.63, 3.8) is 0 Å². The monoisotopic (exact) mass is 444 g/mol. The van der Waals surface area contributed by atoms with Gasteiger partial charge in [-0.3, -0.25) is 9.59 Å². The summed E-state index contributed by atoms with van der Waals surface area (Å²) < 4.78 is 7.90. The highest BCUT2D eigenvalue weighted by Gasteiger charge is 2.42. The molecule has 3 heterocycles. The fourth-order valence-electron chi connectivity index (χ4n) is 5.08. The van der Waals surface area contributed by atoms with Gasteiger partial charge in [-0.15, -0.1) is 0 Å². The molecule has 2 atom stereocenters. The highest BCUT2D eigenvalue weighted by atomic mass is 16.5. The van der Waals surface area contributed by atoms with Gasteiger partial charge in [-0.1, -0.05) is 60.7 Å². The van der Waals surface area contributed by atoms with Gasteiger partial charge < -0.3 is 19.5 Å². The van der Waals surface area contributed by atoms with Crippen molar-refractivity contribution in [2.45, 2.75) is 44.5 Å². The molecule has 0 aliphatic carbocycles. The van der Waals surface area contributed by atoms with Gasteiger partial charge in [-0.05, 0) is 18.4 Å². The molecule has 0 spiro atoms. The Morgan fingerprint density at radius 1 is 1.03 bits per heavy atom. The van der Waals surface area contributed by atoms with Crippen molar-refractivity contribution in [2.24, 2.45) is 0 Å². The molecule has 1 saturated heterocycles. The van der Waals surface area contributed by atoms with Gasteiger partial charge in [0.2, 0.25) is 5.91 Å². The molecule has 2 aliphatic heterocycles. The molecule has 0 unspecified atom stereocenters. The molecule has 7 heteroatoms. The number of hydrogen-bond acceptors (Lipinski definition) is 4. The summed E-state index contributed by atoms with van der Waals surface area (Å²) >= 11 is 0. The maximum atomic E-state index is 13.2. The summed E-state index contributed by atoms with van der Waals surface area (Å²) in [5.74, 6) is 0.604. The second-order valence-electron chi connectivity index (χ2n) is 8.65. The minimum absolute atomic E-state index is 0.0138. The maximum Gasteiger partial charge on any atom is 0.271 e. The van der Waals surface area contributed by atoms with Crippen LogP contribution >= 0.6 is 0 Å². The average molecular weight is 445 g/mol. The largest absolute Gasteiger partial charge is 0.367 e. The zero-order valence-electron chi connectivity index (χ0n) is 18.7. The van der Waals surface area contributed by atoms with Crippen molar-refractivity contribution in [1.82, 2.24) is 19.8 Å². The lowest BCUT2D eigenvalue weighted by molar-refractivity contribution is -0.139. The molecule has 2 aromatic carbocycles. The molecule has 1 aromatic heterocycles. The van der Waals surface area contributed by atoms with Crippen LogP contribution in [0.3, 0.4) is 0 Å². The minimum atomic E-state index is -0.192. The Morgan fingerprint density at radius 3 is 2.45 bits per heavy atom. The highest BCUT2D eigenvalue weighted by molar-refractivity contribution is 5.94. The van der Waals surface area contributed by atoms with Crippen molar-refractivity contribution >= 4 is 11.8 Å². The van der Waals surface area contributed by atoms with Crippen molar-refractivity contribution in [1.29, 1.82) is 0 Å². The number of carbonyl (C=O) groups excluding carboxylic acids is 2. The van der Waals surface area contributed by atoms with E-state index in [0.29, 0.717) is 25.3 Å². The van der Waals surface area contributed by atoms with Gasteiger partial charge in [0.15, 0.2) is 0 Å². The van der Waals surface area contributed by atoms with Gasteiger partial charge in [0.25, 0.3) is 5.91 Å². The number of nitrogens with one attached hydrogen (secondary N) is 1. The van der Waals surface area contributed by atoms with E-state index >= 15 is 0 Å². The topological polar surface area (TPSA) is 76.5 Å². The number of hydrogen-bond donors (Lipinski definition) is 1. The van der Waals surface area contributed by atoms with E-state index in [0.717, 1.165) is 35.5 Å². The smallest absolute Gasteiger partial charge is 0.271 e. The molecule has 3 aromatic rings. The van der Waals surface area contributed by atoms with Crippen LogP contribution in [0.15, 0.2) is 60.7 Å². The third kappa shape index (κ3) is 4.16. The molecule has 1 fully saturated rings. The lowest BCUT2D eigenvalue weighted by atomic mass is 10.1. The van der Waals surface area contributed by atoms with E-state index in [1.807, 2.05) is 65.6 Å². The highest BCUT2D eigenvalue weighted by Crippen LogP contribution is 2.35. The van der Waals surface area contributed by atoms with Gasteiger partial charge in [0.1, 0.15) is 18.1 Å². The Kier molecular flexibility index (Phi) is 5.96. The Balaban J connectivity index is 1.39.